The van der Waals surface area contributed by atoms with Gasteiger partial charge in [0.1, 0.15) is 11.5 Å². The Balaban J connectivity index is 2.12. The maximum absolute atomic E-state index is 13.3. The van der Waals surface area contributed by atoms with Crippen LogP contribution in [0.1, 0.15) is 11.3 Å². The van der Waals surface area contributed by atoms with Crippen LogP contribution in [0.2, 0.25) is 0 Å². The molecule has 19 heavy (non-hydrogen) atoms. The highest BCUT2D eigenvalue weighted by Crippen LogP contribution is 2.24. The molecule has 0 aliphatic carbocycles. The Hall–Kier alpha value is -1.72. The van der Waals surface area contributed by atoms with E-state index < -0.39 is 0 Å². The molecular weight excluding hydrogens is 247 g/mol. The number of hydrogen-bond donors (Lipinski definition) is 1. The Morgan fingerprint density at radius 1 is 1.42 bits per heavy atom. The van der Waals surface area contributed by atoms with E-state index in [1.807, 2.05) is 0 Å². The third-order valence-corrected chi connectivity index (χ3v) is 2.84. The fourth-order valence-electron chi connectivity index (χ4n) is 1.80. The zero-order chi connectivity index (χ0) is 13.7. The fraction of sp³-hybridized carbons (Fsp3) is 0.357. The summed E-state index contributed by atoms with van der Waals surface area (Å²) in [5.41, 5.74) is 2.23. The molecule has 0 spiro atoms. The van der Waals surface area contributed by atoms with Gasteiger partial charge in [-0.1, -0.05) is 0 Å². The van der Waals surface area contributed by atoms with Gasteiger partial charge in [0.2, 0.25) is 0 Å². The van der Waals surface area contributed by atoms with Gasteiger partial charge in [-0.05, 0) is 30.7 Å². The normalized spacial score (nSPS) is 10.9. The SMILES string of the molecule is COCCNCc1ncoc1-c1ccc(F)c(C)c1. The first-order valence-electron chi connectivity index (χ1n) is 6.11. The zero-order valence-corrected chi connectivity index (χ0v) is 11.1. The monoisotopic (exact) mass is 264 g/mol. The molecule has 0 aliphatic heterocycles. The van der Waals surface area contributed by atoms with E-state index >= 15 is 0 Å². The first kappa shape index (κ1) is 13.7. The quantitative estimate of drug-likeness (QED) is 0.814. The summed E-state index contributed by atoms with van der Waals surface area (Å²) in [6.45, 7) is 3.70. The Morgan fingerprint density at radius 2 is 2.26 bits per heavy atom. The van der Waals surface area contributed by atoms with E-state index in [9.17, 15) is 4.39 Å². The van der Waals surface area contributed by atoms with Crippen molar-refractivity contribution in [3.63, 3.8) is 0 Å². The number of rotatable bonds is 6. The summed E-state index contributed by atoms with van der Waals surface area (Å²) in [6.07, 6.45) is 1.40. The van der Waals surface area contributed by atoms with Crippen LogP contribution in [-0.4, -0.2) is 25.2 Å². The van der Waals surface area contributed by atoms with Crippen molar-refractivity contribution < 1.29 is 13.5 Å². The number of aromatic nitrogens is 1. The molecule has 1 aromatic carbocycles. The lowest BCUT2D eigenvalue weighted by molar-refractivity contribution is 0.199. The van der Waals surface area contributed by atoms with Crippen molar-refractivity contribution in [1.29, 1.82) is 0 Å². The van der Waals surface area contributed by atoms with Crippen LogP contribution in [-0.2, 0) is 11.3 Å². The van der Waals surface area contributed by atoms with Gasteiger partial charge in [0.25, 0.3) is 0 Å². The van der Waals surface area contributed by atoms with E-state index in [0.29, 0.717) is 24.5 Å². The third kappa shape index (κ3) is 3.39. The van der Waals surface area contributed by atoms with E-state index in [-0.39, 0.29) is 5.82 Å². The first-order valence-corrected chi connectivity index (χ1v) is 6.11. The Bertz CT molecular complexity index is 540. The van der Waals surface area contributed by atoms with Crippen LogP contribution in [0.3, 0.4) is 0 Å². The predicted octanol–water partition coefficient (Wildman–Crippen LogP) is 2.53. The second kappa shape index (κ2) is 6.45. The number of nitrogens with zero attached hydrogens (tertiary/aromatic N) is 1. The van der Waals surface area contributed by atoms with Gasteiger partial charge >= 0.3 is 0 Å². The Labute approximate surface area is 111 Å². The highest BCUT2D eigenvalue weighted by atomic mass is 19.1. The summed E-state index contributed by atoms with van der Waals surface area (Å²) >= 11 is 0. The van der Waals surface area contributed by atoms with Crippen LogP contribution in [0.15, 0.2) is 29.0 Å². The molecule has 2 rings (SSSR count). The number of ether oxygens (including phenoxy) is 1. The molecule has 2 aromatic rings. The van der Waals surface area contributed by atoms with Crippen LogP contribution >= 0.6 is 0 Å². The van der Waals surface area contributed by atoms with Crippen LogP contribution in [0.4, 0.5) is 4.39 Å². The molecule has 102 valence electrons. The summed E-state index contributed by atoms with van der Waals surface area (Å²) in [5, 5.41) is 3.20. The van der Waals surface area contributed by atoms with Crippen LogP contribution < -0.4 is 5.32 Å². The average molecular weight is 264 g/mol. The molecule has 0 radical (unpaired) electrons. The molecule has 0 bridgehead atoms. The Kier molecular flexibility index (Phi) is 4.65. The molecule has 5 heteroatoms. The summed E-state index contributed by atoms with van der Waals surface area (Å²) in [5.74, 6) is 0.455. The minimum atomic E-state index is -0.219. The van der Waals surface area contributed by atoms with Crippen molar-refractivity contribution >= 4 is 0 Å². The molecule has 0 atom stereocenters. The minimum absolute atomic E-state index is 0.219. The largest absolute Gasteiger partial charge is 0.443 e. The van der Waals surface area contributed by atoms with E-state index in [2.05, 4.69) is 10.3 Å². The number of nitrogens with one attached hydrogen (secondary N) is 1. The topological polar surface area (TPSA) is 47.3 Å². The van der Waals surface area contributed by atoms with E-state index in [1.54, 1.807) is 26.2 Å². The van der Waals surface area contributed by atoms with Crippen molar-refractivity contribution in [2.45, 2.75) is 13.5 Å². The lowest BCUT2D eigenvalue weighted by Gasteiger charge is -2.05. The van der Waals surface area contributed by atoms with Gasteiger partial charge in [0, 0.05) is 25.8 Å². The van der Waals surface area contributed by atoms with Gasteiger partial charge in [-0.25, -0.2) is 9.37 Å². The fourth-order valence-corrected chi connectivity index (χ4v) is 1.80. The van der Waals surface area contributed by atoms with E-state index in [0.717, 1.165) is 17.8 Å². The van der Waals surface area contributed by atoms with Crippen molar-refractivity contribution in [3.8, 4) is 11.3 Å². The minimum Gasteiger partial charge on any atom is -0.443 e. The molecule has 0 fully saturated rings. The second-order valence-electron chi connectivity index (χ2n) is 4.26. The van der Waals surface area contributed by atoms with Gasteiger partial charge in [-0.2, -0.15) is 0 Å². The molecule has 0 aliphatic rings. The molecule has 0 unspecified atom stereocenters. The predicted molar refractivity (Wildman–Crippen MR) is 70.2 cm³/mol. The van der Waals surface area contributed by atoms with Gasteiger partial charge in [-0.15, -0.1) is 0 Å². The van der Waals surface area contributed by atoms with E-state index in [1.165, 1.54) is 12.5 Å². The molecule has 0 saturated carbocycles. The smallest absolute Gasteiger partial charge is 0.181 e. The van der Waals surface area contributed by atoms with E-state index in [4.69, 9.17) is 9.15 Å². The van der Waals surface area contributed by atoms with Crippen molar-refractivity contribution in [2.75, 3.05) is 20.3 Å². The van der Waals surface area contributed by atoms with Crippen LogP contribution in [0.5, 0.6) is 0 Å². The number of hydrogen-bond acceptors (Lipinski definition) is 4. The molecule has 0 amide bonds. The van der Waals surface area contributed by atoms with Crippen LogP contribution in [0.25, 0.3) is 11.3 Å². The molecule has 1 N–H and O–H groups in total. The molecule has 1 aromatic heterocycles. The van der Waals surface area contributed by atoms with Gasteiger partial charge < -0.3 is 14.5 Å². The molecule has 0 saturated heterocycles. The van der Waals surface area contributed by atoms with Gasteiger partial charge in [0.05, 0.1) is 6.61 Å². The summed E-state index contributed by atoms with van der Waals surface area (Å²) < 4.78 is 23.6. The van der Waals surface area contributed by atoms with Crippen molar-refractivity contribution in [1.82, 2.24) is 10.3 Å². The summed E-state index contributed by atoms with van der Waals surface area (Å²) in [7, 11) is 1.66. The second-order valence-corrected chi connectivity index (χ2v) is 4.26. The lowest BCUT2D eigenvalue weighted by Crippen LogP contribution is -2.19. The maximum Gasteiger partial charge on any atom is 0.181 e. The highest BCUT2D eigenvalue weighted by molar-refractivity contribution is 5.60. The molecule has 1 heterocycles. The zero-order valence-electron chi connectivity index (χ0n) is 11.1. The third-order valence-electron chi connectivity index (χ3n) is 2.84. The first-order chi connectivity index (χ1) is 9.22. The molecule has 4 nitrogen and oxygen atoms in total. The number of benzene rings is 1. The lowest BCUT2D eigenvalue weighted by atomic mass is 10.1. The highest BCUT2D eigenvalue weighted by Gasteiger charge is 2.11. The number of aryl methyl sites for hydroxylation is 1. The number of halogens is 1. The van der Waals surface area contributed by atoms with Crippen LogP contribution in [0, 0.1) is 12.7 Å². The molecular formula is C14H17FN2O2. The van der Waals surface area contributed by atoms with Gasteiger partial charge in [-0.3, -0.25) is 0 Å². The number of methoxy groups -OCH3 is 1. The van der Waals surface area contributed by atoms with Gasteiger partial charge in [0.15, 0.2) is 12.2 Å². The standard InChI is InChI=1S/C14H17FN2O2/c1-10-7-11(3-4-12(10)15)14-13(17-9-19-14)8-16-5-6-18-2/h3-4,7,9,16H,5-6,8H2,1-2H3. The average Bonchev–Trinajstić information content (AvgIpc) is 2.86. The number of oxazole rings is 1. The van der Waals surface area contributed by atoms with Crippen molar-refractivity contribution in [3.05, 3.63) is 41.7 Å². The summed E-state index contributed by atoms with van der Waals surface area (Å²) in [6, 6.07) is 4.89. The van der Waals surface area contributed by atoms with Crippen molar-refractivity contribution in [2.24, 2.45) is 0 Å². The Morgan fingerprint density at radius 3 is 3.00 bits per heavy atom. The maximum atomic E-state index is 13.3. The summed E-state index contributed by atoms with van der Waals surface area (Å²) in [4.78, 5) is 4.18.